The summed E-state index contributed by atoms with van der Waals surface area (Å²) in [5.41, 5.74) is 1.55. The van der Waals surface area contributed by atoms with E-state index < -0.39 is 0 Å². The molecule has 0 fully saturated rings. The topological polar surface area (TPSA) is 59.6 Å². The molecule has 0 unspecified atom stereocenters. The van der Waals surface area contributed by atoms with Crippen LogP contribution in [-0.4, -0.2) is 23.7 Å². The van der Waals surface area contributed by atoms with E-state index in [4.69, 9.17) is 21.7 Å². The van der Waals surface area contributed by atoms with Crippen LogP contribution in [0.15, 0.2) is 48.5 Å². The van der Waals surface area contributed by atoms with E-state index in [0.29, 0.717) is 30.4 Å². The van der Waals surface area contributed by atoms with E-state index in [0.717, 1.165) is 17.7 Å². The number of carbonyl (C=O) groups is 1. The lowest BCUT2D eigenvalue weighted by molar-refractivity contribution is 0.0976. The predicted molar refractivity (Wildman–Crippen MR) is 121 cm³/mol. The molecular weight excluding hydrogens is 384 g/mol. The molecule has 0 aromatic heterocycles. The molecule has 2 rings (SSSR count). The Balaban J connectivity index is 1.82. The number of amides is 1. The van der Waals surface area contributed by atoms with Gasteiger partial charge in [-0.15, -0.1) is 0 Å². The third-order valence-electron chi connectivity index (χ3n) is 4.04. The Hall–Kier alpha value is -2.60. The van der Waals surface area contributed by atoms with Crippen molar-refractivity contribution in [3.63, 3.8) is 0 Å². The van der Waals surface area contributed by atoms with Crippen molar-refractivity contribution in [2.45, 2.75) is 46.8 Å². The molecule has 0 saturated heterocycles. The zero-order valence-electron chi connectivity index (χ0n) is 17.5. The molecular formula is C23H30N2O3S. The normalized spacial score (nSPS) is 10.7. The summed E-state index contributed by atoms with van der Waals surface area (Å²) in [6.45, 7) is 9.42. The zero-order valence-corrected chi connectivity index (χ0v) is 18.3. The molecule has 0 heterocycles. The smallest absolute Gasteiger partial charge is 0.257 e. The molecule has 0 bridgehead atoms. The summed E-state index contributed by atoms with van der Waals surface area (Å²) >= 11 is 5.24. The minimum atomic E-state index is -0.266. The molecule has 0 spiro atoms. The second-order valence-corrected chi connectivity index (χ2v) is 7.91. The third-order valence-corrected chi connectivity index (χ3v) is 4.28. The van der Waals surface area contributed by atoms with Crippen molar-refractivity contribution in [3.05, 3.63) is 59.7 Å². The number of hydrogen-bond acceptors (Lipinski definition) is 4. The van der Waals surface area contributed by atoms with Crippen molar-refractivity contribution < 1.29 is 14.3 Å². The molecule has 2 aromatic rings. The molecule has 6 heteroatoms. The Morgan fingerprint density at radius 3 is 2.41 bits per heavy atom. The fraction of sp³-hybridized carbons (Fsp3) is 0.391. The predicted octanol–water partition coefficient (Wildman–Crippen LogP) is 4.70. The van der Waals surface area contributed by atoms with Crippen molar-refractivity contribution in [1.29, 1.82) is 0 Å². The van der Waals surface area contributed by atoms with Crippen LogP contribution in [0.3, 0.4) is 0 Å². The monoisotopic (exact) mass is 414 g/mol. The molecule has 156 valence electrons. The molecule has 0 aliphatic rings. The first kappa shape index (κ1) is 22.7. The lowest BCUT2D eigenvalue weighted by Gasteiger charge is -2.12. The third kappa shape index (κ3) is 8.52. The Morgan fingerprint density at radius 1 is 1.03 bits per heavy atom. The van der Waals surface area contributed by atoms with Gasteiger partial charge in [-0.2, -0.15) is 0 Å². The highest BCUT2D eigenvalue weighted by Crippen LogP contribution is 2.15. The van der Waals surface area contributed by atoms with Gasteiger partial charge in [0.05, 0.1) is 12.7 Å². The van der Waals surface area contributed by atoms with Gasteiger partial charge in [0.25, 0.3) is 5.91 Å². The summed E-state index contributed by atoms with van der Waals surface area (Å²) in [6, 6.07) is 14.9. The van der Waals surface area contributed by atoms with Crippen molar-refractivity contribution in [3.8, 4) is 11.5 Å². The van der Waals surface area contributed by atoms with Crippen LogP contribution >= 0.6 is 12.2 Å². The Labute approximate surface area is 178 Å². The van der Waals surface area contributed by atoms with Gasteiger partial charge in [0, 0.05) is 12.1 Å². The van der Waals surface area contributed by atoms with Crippen LogP contribution in [-0.2, 0) is 6.54 Å². The maximum absolute atomic E-state index is 12.4. The van der Waals surface area contributed by atoms with Crippen LogP contribution in [0.2, 0.25) is 0 Å². The highest BCUT2D eigenvalue weighted by Gasteiger charge is 2.09. The van der Waals surface area contributed by atoms with Crippen molar-refractivity contribution in [1.82, 2.24) is 10.6 Å². The van der Waals surface area contributed by atoms with E-state index in [9.17, 15) is 4.79 Å². The van der Waals surface area contributed by atoms with Gasteiger partial charge in [0.1, 0.15) is 11.5 Å². The first-order valence-electron chi connectivity index (χ1n) is 9.91. The SMILES string of the molecule is CC(C)CCOc1cccc(C(=O)NC(=S)NCc2ccc(OC(C)C)cc2)c1. The first-order valence-corrected chi connectivity index (χ1v) is 10.3. The van der Waals surface area contributed by atoms with Gasteiger partial charge < -0.3 is 14.8 Å². The molecule has 0 aliphatic carbocycles. The van der Waals surface area contributed by atoms with Gasteiger partial charge in [0.2, 0.25) is 0 Å². The second kappa shape index (κ2) is 11.4. The summed E-state index contributed by atoms with van der Waals surface area (Å²) in [4.78, 5) is 12.4. The van der Waals surface area contributed by atoms with Crippen LogP contribution in [0, 0.1) is 5.92 Å². The fourth-order valence-electron chi connectivity index (χ4n) is 2.50. The molecule has 0 saturated carbocycles. The lowest BCUT2D eigenvalue weighted by Crippen LogP contribution is -2.38. The molecule has 2 N–H and O–H groups in total. The quantitative estimate of drug-likeness (QED) is 0.582. The molecule has 2 aromatic carbocycles. The minimum absolute atomic E-state index is 0.140. The lowest BCUT2D eigenvalue weighted by atomic mass is 10.1. The van der Waals surface area contributed by atoms with Crippen molar-refractivity contribution in [2.24, 2.45) is 5.92 Å². The summed E-state index contributed by atoms with van der Waals surface area (Å²) < 4.78 is 11.3. The highest BCUT2D eigenvalue weighted by atomic mass is 32.1. The van der Waals surface area contributed by atoms with Gasteiger partial charge >= 0.3 is 0 Å². The Bertz CT molecular complexity index is 804. The van der Waals surface area contributed by atoms with Gasteiger partial charge in [0.15, 0.2) is 5.11 Å². The van der Waals surface area contributed by atoms with Crippen LogP contribution in [0.4, 0.5) is 0 Å². The van der Waals surface area contributed by atoms with Gasteiger partial charge in [-0.3, -0.25) is 10.1 Å². The van der Waals surface area contributed by atoms with Gasteiger partial charge in [-0.05, 0) is 74.3 Å². The molecule has 29 heavy (non-hydrogen) atoms. The van der Waals surface area contributed by atoms with Crippen LogP contribution in [0.1, 0.15) is 50.0 Å². The average Bonchev–Trinajstić information content (AvgIpc) is 2.67. The van der Waals surface area contributed by atoms with E-state index in [1.54, 1.807) is 18.2 Å². The summed E-state index contributed by atoms with van der Waals surface area (Å²) in [7, 11) is 0. The standard InChI is InChI=1S/C23H30N2O3S/c1-16(2)12-13-27-21-7-5-6-19(14-21)22(26)25-23(29)24-15-18-8-10-20(11-9-18)28-17(3)4/h5-11,14,16-17H,12-13,15H2,1-4H3,(H2,24,25,26,29). The van der Waals surface area contributed by atoms with E-state index in [-0.39, 0.29) is 17.1 Å². The van der Waals surface area contributed by atoms with Gasteiger partial charge in [-0.25, -0.2) is 0 Å². The van der Waals surface area contributed by atoms with Crippen LogP contribution < -0.4 is 20.1 Å². The number of ether oxygens (including phenoxy) is 2. The van der Waals surface area contributed by atoms with Crippen molar-refractivity contribution in [2.75, 3.05) is 6.61 Å². The number of carbonyl (C=O) groups excluding carboxylic acids is 1. The van der Waals surface area contributed by atoms with E-state index in [1.165, 1.54) is 0 Å². The van der Waals surface area contributed by atoms with Gasteiger partial charge in [-0.1, -0.05) is 32.0 Å². The van der Waals surface area contributed by atoms with Crippen LogP contribution in [0.5, 0.6) is 11.5 Å². The summed E-state index contributed by atoms with van der Waals surface area (Å²) in [5.74, 6) is 1.82. The average molecular weight is 415 g/mol. The Kier molecular flexibility index (Phi) is 8.93. The number of hydrogen-bond donors (Lipinski definition) is 2. The second-order valence-electron chi connectivity index (χ2n) is 7.51. The number of thiocarbonyl (C=S) groups is 1. The first-order chi connectivity index (χ1) is 13.8. The summed E-state index contributed by atoms with van der Waals surface area (Å²) in [6.07, 6.45) is 1.11. The molecule has 0 radical (unpaired) electrons. The van der Waals surface area contributed by atoms with Crippen LogP contribution in [0.25, 0.3) is 0 Å². The van der Waals surface area contributed by atoms with E-state index in [2.05, 4.69) is 24.5 Å². The molecule has 5 nitrogen and oxygen atoms in total. The number of benzene rings is 2. The molecule has 0 atom stereocenters. The van der Waals surface area contributed by atoms with Crippen molar-refractivity contribution >= 4 is 23.2 Å². The van der Waals surface area contributed by atoms with E-state index in [1.807, 2.05) is 44.2 Å². The maximum atomic E-state index is 12.4. The highest BCUT2D eigenvalue weighted by molar-refractivity contribution is 7.80. The fourth-order valence-corrected chi connectivity index (χ4v) is 2.66. The van der Waals surface area contributed by atoms with E-state index >= 15 is 0 Å². The molecule has 0 aliphatic heterocycles. The summed E-state index contributed by atoms with van der Waals surface area (Å²) in [5, 5.41) is 6.04. The molecule has 1 amide bonds. The zero-order chi connectivity index (χ0) is 21.2. The maximum Gasteiger partial charge on any atom is 0.257 e. The number of nitrogens with one attached hydrogen (secondary N) is 2. The Morgan fingerprint density at radius 2 is 1.76 bits per heavy atom. The largest absolute Gasteiger partial charge is 0.494 e. The minimum Gasteiger partial charge on any atom is -0.494 e. The number of rotatable bonds is 9.